The van der Waals surface area contributed by atoms with Gasteiger partial charge in [0.15, 0.2) is 11.5 Å². The lowest BCUT2D eigenvalue weighted by molar-refractivity contribution is 0.414. The van der Waals surface area contributed by atoms with Gasteiger partial charge in [-0.05, 0) is 17.7 Å². The lowest BCUT2D eigenvalue weighted by Crippen LogP contribution is -2.02. The predicted molar refractivity (Wildman–Crippen MR) is 63.5 cm³/mol. The quantitative estimate of drug-likeness (QED) is 0.861. The van der Waals surface area contributed by atoms with E-state index in [0.717, 1.165) is 11.3 Å². The highest BCUT2D eigenvalue weighted by Crippen LogP contribution is 2.15. The molecule has 1 aromatic carbocycles. The summed E-state index contributed by atoms with van der Waals surface area (Å²) in [5, 5.41) is 8.95. The third kappa shape index (κ3) is 2.21. The normalized spacial score (nSPS) is 9.88. The number of benzene rings is 1. The fourth-order valence-corrected chi connectivity index (χ4v) is 1.61. The maximum atomic E-state index is 8.95. The molecule has 2 N–H and O–H groups in total. The van der Waals surface area contributed by atoms with Gasteiger partial charge < -0.3 is 15.0 Å². The van der Waals surface area contributed by atoms with E-state index in [9.17, 15) is 0 Å². The Kier molecular flexibility index (Phi) is 2.97. The highest BCUT2D eigenvalue weighted by Gasteiger charge is 2.07. The van der Waals surface area contributed by atoms with Crippen LogP contribution in [0.1, 0.15) is 11.3 Å². The molecule has 0 amide bonds. The van der Waals surface area contributed by atoms with E-state index in [2.05, 4.69) is 4.98 Å². The van der Waals surface area contributed by atoms with Crippen molar-refractivity contribution in [3.8, 4) is 11.8 Å². The number of nitrogen functional groups attached to an aromatic ring is 1. The second kappa shape index (κ2) is 4.58. The van der Waals surface area contributed by atoms with E-state index in [-0.39, 0.29) is 5.82 Å². The largest absolute Gasteiger partial charge is 0.497 e. The Labute approximate surface area is 99.1 Å². The fraction of sp³-hybridized carbons (Fsp3) is 0.167. The average Bonchev–Trinajstić information content (AvgIpc) is 2.70. The molecule has 86 valence electrons. The van der Waals surface area contributed by atoms with Gasteiger partial charge in [-0.3, -0.25) is 0 Å². The van der Waals surface area contributed by atoms with E-state index in [0.29, 0.717) is 12.2 Å². The van der Waals surface area contributed by atoms with Gasteiger partial charge in [0.1, 0.15) is 11.8 Å². The number of hydrogen-bond donors (Lipinski definition) is 1. The predicted octanol–water partition coefficient (Wildman–Crippen LogP) is 1.39. The molecule has 0 aliphatic carbocycles. The molecular formula is C12H12N4O. The zero-order valence-corrected chi connectivity index (χ0v) is 9.42. The van der Waals surface area contributed by atoms with Gasteiger partial charge >= 0.3 is 0 Å². The summed E-state index contributed by atoms with van der Waals surface area (Å²) in [6, 6.07) is 9.68. The first-order valence-corrected chi connectivity index (χ1v) is 5.08. The first-order valence-electron chi connectivity index (χ1n) is 5.08. The smallest absolute Gasteiger partial charge is 0.164 e. The number of methoxy groups -OCH3 is 1. The van der Waals surface area contributed by atoms with Crippen LogP contribution in [0.3, 0.4) is 0 Å². The summed E-state index contributed by atoms with van der Waals surface area (Å²) in [7, 11) is 1.62. The number of nitriles is 1. The molecule has 0 radical (unpaired) electrons. The van der Waals surface area contributed by atoms with Crippen molar-refractivity contribution in [1.29, 1.82) is 5.26 Å². The van der Waals surface area contributed by atoms with Crippen molar-refractivity contribution in [3.05, 3.63) is 41.9 Å². The molecule has 0 aliphatic rings. The molecule has 0 spiro atoms. The standard InChI is InChI=1S/C12H12N4O/c1-17-10-4-2-3-9(5-10)7-16-8-15-12(14)11(16)6-13/h2-5,8H,7,14H2,1H3. The molecule has 0 atom stereocenters. The zero-order chi connectivity index (χ0) is 12.3. The Morgan fingerprint density at radius 3 is 3.06 bits per heavy atom. The van der Waals surface area contributed by atoms with Gasteiger partial charge in [-0.25, -0.2) is 4.98 Å². The van der Waals surface area contributed by atoms with Crippen molar-refractivity contribution < 1.29 is 4.74 Å². The second-order valence-corrected chi connectivity index (χ2v) is 3.57. The van der Waals surface area contributed by atoms with Crippen LogP contribution < -0.4 is 10.5 Å². The van der Waals surface area contributed by atoms with Crippen LogP contribution in [0.25, 0.3) is 0 Å². The summed E-state index contributed by atoms with van der Waals surface area (Å²) in [5.41, 5.74) is 6.99. The van der Waals surface area contributed by atoms with E-state index in [1.165, 1.54) is 0 Å². The molecule has 0 saturated carbocycles. The van der Waals surface area contributed by atoms with Crippen LogP contribution in [-0.4, -0.2) is 16.7 Å². The van der Waals surface area contributed by atoms with E-state index in [1.54, 1.807) is 18.0 Å². The van der Waals surface area contributed by atoms with Crippen molar-refractivity contribution in [3.63, 3.8) is 0 Å². The van der Waals surface area contributed by atoms with Gasteiger partial charge in [0.25, 0.3) is 0 Å². The number of hydrogen-bond acceptors (Lipinski definition) is 4. The molecule has 0 aliphatic heterocycles. The molecule has 5 nitrogen and oxygen atoms in total. The molecule has 2 rings (SSSR count). The van der Waals surface area contributed by atoms with Gasteiger partial charge in [0, 0.05) is 6.54 Å². The molecule has 2 aromatic rings. The van der Waals surface area contributed by atoms with Gasteiger partial charge in [0.2, 0.25) is 0 Å². The summed E-state index contributed by atoms with van der Waals surface area (Å²) in [6.07, 6.45) is 1.56. The fourth-order valence-electron chi connectivity index (χ4n) is 1.61. The summed E-state index contributed by atoms with van der Waals surface area (Å²) >= 11 is 0. The SMILES string of the molecule is COc1cccc(Cn2cnc(N)c2C#N)c1. The number of ether oxygens (including phenoxy) is 1. The number of rotatable bonds is 3. The van der Waals surface area contributed by atoms with Crippen molar-refractivity contribution in [1.82, 2.24) is 9.55 Å². The first kappa shape index (κ1) is 11.0. The Bertz CT molecular complexity index is 568. The number of anilines is 1. The first-order chi connectivity index (χ1) is 8.24. The minimum Gasteiger partial charge on any atom is -0.497 e. The summed E-state index contributed by atoms with van der Waals surface area (Å²) in [6.45, 7) is 0.546. The molecule has 5 heteroatoms. The zero-order valence-electron chi connectivity index (χ0n) is 9.42. The lowest BCUT2D eigenvalue weighted by Gasteiger charge is -2.06. The third-order valence-electron chi connectivity index (χ3n) is 2.46. The maximum Gasteiger partial charge on any atom is 0.164 e. The molecule has 0 fully saturated rings. The monoisotopic (exact) mass is 228 g/mol. The van der Waals surface area contributed by atoms with Crippen molar-refractivity contribution in [2.45, 2.75) is 6.54 Å². The summed E-state index contributed by atoms with van der Waals surface area (Å²) < 4.78 is 6.85. The molecule has 1 heterocycles. The number of nitrogens with zero attached hydrogens (tertiary/aromatic N) is 3. The summed E-state index contributed by atoms with van der Waals surface area (Å²) in [4.78, 5) is 3.91. The van der Waals surface area contributed by atoms with Crippen LogP contribution in [0.15, 0.2) is 30.6 Å². The van der Waals surface area contributed by atoms with Gasteiger partial charge in [-0.2, -0.15) is 5.26 Å². The van der Waals surface area contributed by atoms with Crippen LogP contribution in [0.2, 0.25) is 0 Å². The summed E-state index contributed by atoms with van der Waals surface area (Å²) in [5.74, 6) is 1.05. The van der Waals surface area contributed by atoms with Crippen molar-refractivity contribution in [2.75, 3.05) is 12.8 Å². The molecule has 0 unspecified atom stereocenters. The van der Waals surface area contributed by atoms with Gasteiger partial charge in [-0.1, -0.05) is 12.1 Å². The number of aromatic nitrogens is 2. The van der Waals surface area contributed by atoms with Crippen molar-refractivity contribution in [2.24, 2.45) is 0 Å². The highest BCUT2D eigenvalue weighted by molar-refractivity contribution is 5.44. The Morgan fingerprint density at radius 2 is 2.35 bits per heavy atom. The molecule has 0 saturated heterocycles. The minimum atomic E-state index is 0.260. The van der Waals surface area contributed by atoms with Crippen LogP contribution in [-0.2, 0) is 6.54 Å². The van der Waals surface area contributed by atoms with E-state index < -0.39 is 0 Å². The van der Waals surface area contributed by atoms with Gasteiger partial charge in [0.05, 0.1) is 13.4 Å². The Balaban J connectivity index is 2.28. The van der Waals surface area contributed by atoms with Crippen molar-refractivity contribution >= 4 is 5.82 Å². The molecule has 1 aromatic heterocycles. The highest BCUT2D eigenvalue weighted by atomic mass is 16.5. The minimum absolute atomic E-state index is 0.260. The average molecular weight is 228 g/mol. The van der Waals surface area contributed by atoms with E-state index in [1.807, 2.05) is 30.3 Å². The molecular weight excluding hydrogens is 216 g/mol. The Hall–Kier alpha value is -2.48. The van der Waals surface area contributed by atoms with E-state index >= 15 is 0 Å². The second-order valence-electron chi connectivity index (χ2n) is 3.57. The van der Waals surface area contributed by atoms with E-state index in [4.69, 9.17) is 15.7 Å². The molecule has 17 heavy (non-hydrogen) atoms. The van der Waals surface area contributed by atoms with Crippen LogP contribution in [0.4, 0.5) is 5.82 Å². The van der Waals surface area contributed by atoms with Crippen LogP contribution >= 0.6 is 0 Å². The number of imidazole rings is 1. The topological polar surface area (TPSA) is 76.9 Å². The van der Waals surface area contributed by atoms with Crippen LogP contribution in [0.5, 0.6) is 5.75 Å². The number of nitrogens with two attached hydrogens (primary N) is 1. The lowest BCUT2D eigenvalue weighted by atomic mass is 10.2. The van der Waals surface area contributed by atoms with Crippen LogP contribution in [0, 0.1) is 11.3 Å². The van der Waals surface area contributed by atoms with Gasteiger partial charge in [-0.15, -0.1) is 0 Å². The molecule has 0 bridgehead atoms. The maximum absolute atomic E-state index is 8.95. The Morgan fingerprint density at radius 1 is 1.53 bits per heavy atom. The third-order valence-corrected chi connectivity index (χ3v) is 2.46.